The Hall–Kier alpha value is -1.13. The molecule has 1 saturated heterocycles. The van der Waals surface area contributed by atoms with E-state index in [0.717, 1.165) is 25.2 Å². The molecule has 100 valence electrons. The highest BCUT2D eigenvalue weighted by Gasteiger charge is 2.28. The van der Waals surface area contributed by atoms with Crippen LogP contribution in [0.25, 0.3) is 0 Å². The molecule has 2 N–H and O–H groups in total. The van der Waals surface area contributed by atoms with Crippen molar-refractivity contribution >= 4 is 5.69 Å². The van der Waals surface area contributed by atoms with Gasteiger partial charge in [-0.1, -0.05) is 6.07 Å². The van der Waals surface area contributed by atoms with E-state index in [0.29, 0.717) is 18.6 Å². The van der Waals surface area contributed by atoms with Crippen LogP contribution in [0, 0.1) is 5.82 Å². The number of rotatable bonds is 3. The molecule has 0 bridgehead atoms. The molecule has 4 heteroatoms. The van der Waals surface area contributed by atoms with Crippen molar-refractivity contribution in [1.29, 1.82) is 0 Å². The van der Waals surface area contributed by atoms with Crippen LogP contribution in [-0.4, -0.2) is 43.7 Å². The highest BCUT2D eigenvalue weighted by atomic mass is 19.1. The third-order valence-corrected chi connectivity index (χ3v) is 3.75. The van der Waals surface area contributed by atoms with Crippen molar-refractivity contribution in [2.24, 2.45) is 5.73 Å². The van der Waals surface area contributed by atoms with Gasteiger partial charge in [0.2, 0.25) is 0 Å². The summed E-state index contributed by atoms with van der Waals surface area (Å²) in [6, 6.07) is 7.70. The van der Waals surface area contributed by atoms with Gasteiger partial charge < -0.3 is 10.6 Å². The molecule has 0 radical (unpaired) electrons. The SMILES string of the molecule is CC1CN(C)C(CCN)CN1c1cccc(F)c1. The van der Waals surface area contributed by atoms with Crippen LogP contribution >= 0.6 is 0 Å². The Balaban J connectivity index is 2.16. The van der Waals surface area contributed by atoms with Gasteiger partial charge in [-0.15, -0.1) is 0 Å². The summed E-state index contributed by atoms with van der Waals surface area (Å²) in [5.74, 6) is -0.172. The molecule has 2 rings (SSSR count). The maximum atomic E-state index is 13.3. The van der Waals surface area contributed by atoms with Gasteiger partial charge in [-0.25, -0.2) is 4.39 Å². The van der Waals surface area contributed by atoms with E-state index < -0.39 is 0 Å². The van der Waals surface area contributed by atoms with E-state index in [1.54, 1.807) is 12.1 Å². The maximum Gasteiger partial charge on any atom is 0.125 e. The molecule has 0 aromatic heterocycles. The summed E-state index contributed by atoms with van der Waals surface area (Å²) < 4.78 is 13.3. The van der Waals surface area contributed by atoms with E-state index in [-0.39, 0.29) is 5.82 Å². The molecule has 0 aliphatic carbocycles. The zero-order valence-electron chi connectivity index (χ0n) is 11.1. The van der Waals surface area contributed by atoms with Gasteiger partial charge in [0.25, 0.3) is 0 Å². The predicted octanol–water partition coefficient (Wildman–Crippen LogP) is 1.68. The minimum absolute atomic E-state index is 0.172. The fourth-order valence-electron chi connectivity index (χ4n) is 2.73. The van der Waals surface area contributed by atoms with Crippen molar-refractivity contribution < 1.29 is 4.39 Å². The van der Waals surface area contributed by atoms with Crippen LogP contribution in [-0.2, 0) is 0 Å². The first-order valence-electron chi connectivity index (χ1n) is 6.54. The Bertz CT molecular complexity index is 396. The summed E-state index contributed by atoms with van der Waals surface area (Å²) in [6.07, 6.45) is 0.981. The molecule has 0 saturated carbocycles. The van der Waals surface area contributed by atoms with Crippen LogP contribution in [0.3, 0.4) is 0 Å². The molecular weight excluding hydrogens is 229 g/mol. The van der Waals surface area contributed by atoms with E-state index in [4.69, 9.17) is 5.73 Å². The minimum Gasteiger partial charge on any atom is -0.366 e. The van der Waals surface area contributed by atoms with Crippen LogP contribution in [0.5, 0.6) is 0 Å². The number of likely N-dealkylation sites (N-methyl/N-ethyl adjacent to an activating group) is 1. The maximum absolute atomic E-state index is 13.3. The lowest BCUT2D eigenvalue weighted by Gasteiger charge is -2.45. The molecule has 2 atom stereocenters. The summed E-state index contributed by atoms with van der Waals surface area (Å²) in [5, 5.41) is 0. The molecule has 1 heterocycles. The van der Waals surface area contributed by atoms with Gasteiger partial charge in [-0.3, -0.25) is 4.90 Å². The number of halogens is 1. The minimum atomic E-state index is -0.172. The van der Waals surface area contributed by atoms with Crippen LogP contribution in [0.1, 0.15) is 13.3 Å². The first kappa shape index (κ1) is 13.3. The highest BCUT2D eigenvalue weighted by molar-refractivity contribution is 5.48. The summed E-state index contributed by atoms with van der Waals surface area (Å²) in [7, 11) is 2.14. The van der Waals surface area contributed by atoms with Gasteiger partial charge in [0.05, 0.1) is 0 Å². The standard InChI is InChI=1S/C14H22FN3/c1-11-9-17(2)14(6-7-16)10-18(11)13-5-3-4-12(15)8-13/h3-5,8,11,14H,6-7,9-10,16H2,1-2H3. The Morgan fingerprint density at radius 1 is 1.39 bits per heavy atom. The summed E-state index contributed by atoms with van der Waals surface area (Å²) >= 11 is 0. The lowest BCUT2D eigenvalue weighted by Crippen LogP contribution is -2.56. The monoisotopic (exact) mass is 251 g/mol. The zero-order chi connectivity index (χ0) is 13.1. The van der Waals surface area contributed by atoms with Gasteiger partial charge in [0, 0.05) is 30.9 Å². The summed E-state index contributed by atoms with van der Waals surface area (Å²) in [6.45, 7) is 4.78. The van der Waals surface area contributed by atoms with Crippen molar-refractivity contribution in [3.63, 3.8) is 0 Å². The first-order valence-corrected chi connectivity index (χ1v) is 6.54. The molecule has 2 unspecified atom stereocenters. The zero-order valence-corrected chi connectivity index (χ0v) is 11.1. The van der Waals surface area contributed by atoms with E-state index in [2.05, 4.69) is 23.8 Å². The third kappa shape index (κ3) is 2.82. The van der Waals surface area contributed by atoms with Crippen LogP contribution in [0.4, 0.5) is 10.1 Å². The van der Waals surface area contributed by atoms with Crippen molar-refractivity contribution in [2.75, 3.05) is 31.6 Å². The van der Waals surface area contributed by atoms with Gasteiger partial charge in [0.1, 0.15) is 5.82 Å². The van der Waals surface area contributed by atoms with Gasteiger partial charge in [0.15, 0.2) is 0 Å². The lowest BCUT2D eigenvalue weighted by atomic mass is 10.0. The Morgan fingerprint density at radius 2 is 2.17 bits per heavy atom. The van der Waals surface area contributed by atoms with E-state index in [9.17, 15) is 4.39 Å². The second-order valence-corrected chi connectivity index (χ2v) is 5.15. The molecule has 0 amide bonds. The van der Waals surface area contributed by atoms with Crippen LogP contribution in [0.15, 0.2) is 24.3 Å². The average molecular weight is 251 g/mol. The number of piperazine rings is 1. The summed E-state index contributed by atoms with van der Waals surface area (Å²) in [4.78, 5) is 4.64. The lowest BCUT2D eigenvalue weighted by molar-refractivity contribution is 0.185. The second-order valence-electron chi connectivity index (χ2n) is 5.15. The fourth-order valence-corrected chi connectivity index (χ4v) is 2.73. The van der Waals surface area contributed by atoms with Gasteiger partial charge in [-0.05, 0) is 45.1 Å². The Kier molecular flexibility index (Phi) is 4.19. The van der Waals surface area contributed by atoms with Crippen LogP contribution in [0.2, 0.25) is 0 Å². The Labute approximate surface area is 108 Å². The van der Waals surface area contributed by atoms with Crippen LogP contribution < -0.4 is 10.6 Å². The number of benzene rings is 1. The molecule has 1 aromatic rings. The molecule has 1 fully saturated rings. The normalized spacial score (nSPS) is 25.4. The van der Waals surface area contributed by atoms with E-state index >= 15 is 0 Å². The third-order valence-electron chi connectivity index (χ3n) is 3.75. The molecule has 1 aliphatic rings. The molecule has 1 aliphatic heterocycles. The molecule has 18 heavy (non-hydrogen) atoms. The fraction of sp³-hybridized carbons (Fsp3) is 0.571. The quantitative estimate of drug-likeness (QED) is 0.887. The van der Waals surface area contributed by atoms with Crippen molar-refractivity contribution in [3.8, 4) is 0 Å². The van der Waals surface area contributed by atoms with Crippen molar-refractivity contribution in [2.45, 2.75) is 25.4 Å². The number of anilines is 1. The number of hydrogen-bond acceptors (Lipinski definition) is 3. The second kappa shape index (κ2) is 5.67. The van der Waals surface area contributed by atoms with Crippen molar-refractivity contribution in [1.82, 2.24) is 4.90 Å². The molecule has 1 aromatic carbocycles. The largest absolute Gasteiger partial charge is 0.366 e. The van der Waals surface area contributed by atoms with E-state index in [1.807, 2.05) is 6.07 Å². The topological polar surface area (TPSA) is 32.5 Å². The molecule has 0 spiro atoms. The van der Waals surface area contributed by atoms with Gasteiger partial charge >= 0.3 is 0 Å². The summed E-state index contributed by atoms with van der Waals surface area (Å²) in [5.41, 5.74) is 6.63. The van der Waals surface area contributed by atoms with Gasteiger partial charge in [-0.2, -0.15) is 0 Å². The first-order chi connectivity index (χ1) is 8.61. The smallest absolute Gasteiger partial charge is 0.125 e. The number of nitrogens with zero attached hydrogens (tertiary/aromatic N) is 2. The highest BCUT2D eigenvalue weighted by Crippen LogP contribution is 2.24. The average Bonchev–Trinajstić information content (AvgIpc) is 2.33. The molecular formula is C14H22FN3. The predicted molar refractivity (Wildman–Crippen MR) is 73.3 cm³/mol. The Morgan fingerprint density at radius 3 is 2.83 bits per heavy atom. The van der Waals surface area contributed by atoms with E-state index in [1.165, 1.54) is 6.07 Å². The number of hydrogen-bond donors (Lipinski definition) is 1. The molecule has 3 nitrogen and oxygen atoms in total. The number of nitrogens with two attached hydrogens (primary N) is 1. The van der Waals surface area contributed by atoms with Crippen molar-refractivity contribution in [3.05, 3.63) is 30.1 Å².